The molecule has 0 aromatic rings. The van der Waals surface area contributed by atoms with Crippen LogP contribution in [0.25, 0.3) is 0 Å². The fraction of sp³-hybridized carbons (Fsp3) is 0.909. The lowest BCUT2D eigenvalue weighted by atomic mass is 9.89. The van der Waals surface area contributed by atoms with Crippen LogP contribution in [-0.2, 0) is 9.53 Å². The van der Waals surface area contributed by atoms with Crippen molar-refractivity contribution in [3.05, 3.63) is 0 Å². The van der Waals surface area contributed by atoms with Gasteiger partial charge in [-0.1, -0.05) is 12.8 Å². The second kappa shape index (κ2) is 4.49. The van der Waals surface area contributed by atoms with E-state index in [1.807, 2.05) is 0 Å². The zero-order valence-electron chi connectivity index (χ0n) is 9.19. The van der Waals surface area contributed by atoms with Crippen molar-refractivity contribution in [3.8, 4) is 0 Å². The molecule has 1 N–H and O–H groups in total. The van der Waals surface area contributed by atoms with Crippen molar-refractivity contribution in [1.82, 2.24) is 4.90 Å². The number of fused-ring (bicyclic) bond motifs is 1. The highest BCUT2D eigenvalue weighted by atomic mass is 16.5. The van der Waals surface area contributed by atoms with Crippen LogP contribution in [0.1, 0.15) is 32.6 Å². The highest BCUT2D eigenvalue weighted by Gasteiger charge is 2.38. The Kier molecular flexibility index (Phi) is 3.26. The van der Waals surface area contributed by atoms with Gasteiger partial charge >= 0.3 is 5.97 Å². The third kappa shape index (κ3) is 2.16. The van der Waals surface area contributed by atoms with Crippen LogP contribution >= 0.6 is 0 Å². The van der Waals surface area contributed by atoms with Crippen LogP contribution < -0.4 is 0 Å². The summed E-state index contributed by atoms with van der Waals surface area (Å²) in [5.74, 6) is -0.721. The van der Waals surface area contributed by atoms with E-state index in [0.29, 0.717) is 12.6 Å². The molecule has 2 fully saturated rings. The minimum Gasteiger partial charge on any atom is -0.480 e. The van der Waals surface area contributed by atoms with Gasteiger partial charge in [-0.05, 0) is 19.8 Å². The predicted octanol–water partition coefficient (Wildman–Crippen LogP) is 1.10. The first-order chi connectivity index (χ1) is 7.20. The number of aliphatic carboxylic acids is 1. The average Bonchev–Trinajstić information content (AvgIpc) is 2.27. The molecule has 0 bridgehead atoms. The zero-order valence-corrected chi connectivity index (χ0v) is 9.19. The van der Waals surface area contributed by atoms with Gasteiger partial charge in [0.15, 0.2) is 0 Å². The molecule has 0 aromatic heterocycles. The Morgan fingerprint density at radius 3 is 2.93 bits per heavy atom. The Hall–Kier alpha value is -0.610. The number of nitrogens with zero attached hydrogens (tertiary/aromatic N) is 1. The third-order valence-corrected chi connectivity index (χ3v) is 3.63. The predicted molar refractivity (Wildman–Crippen MR) is 55.8 cm³/mol. The zero-order chi connectivity index (χ0) is 10.8. The lowest BCUT2D eigenvalue weighted by Crippen LogP contribution is -2.57. The van der Waals surface area contributed by atoms with Crippen LogP contribution in [0.3, 0.4) is 0 Å². The Morgan fingerprint density at radius 1 is 1.47 bits per heavy atom. The number of rotatable bonds is 2. The molecule has 1 aliphatic heterocycles. The molecule has 2 aliphatic rings. The lowest BCUT2D eigenvalue weighted by Gasteiger charge is -2.45. The van der Waals surface area contributed by atoms with E-state index in [-0.39, 0.29) is 12.1 Å². The Morgan fingerprint density at radius 2 is 2.20 bits per heavy atom. The summed E-state index contributed by atoms with van der Waals surface area (Å²) in [6.07, 6.45) is 4.87. The number of carboxylic acid groups (broad SMARTS) is 1. The molecule has 1 saturated heterocycles. The van der Waals surface area contributed by atoms with Crippen molar-refractivity contribution in [3.63, 3.8) is 0 Å². The van der Waals surface area contributed by atoms with Crippen LogP contribution in [-0.4, -0.2) is 47.3 Å². The van der Waals surface area contributed by atoms with Gasteiger partial charge in [0.2, 0.25) is 0 Å². The molecule has 1 saturated carbocycles. The van der Waals surface area contributed by atoms with Crippen molar-refractivity contribution >= 4 is 5.97 Å². The van der Waals surface area contributed by atoms with E-state index in [2.05, 4.69) is 4.90 Å². The molecule has 0 amide bonds. The Labute approximate surface area is 90.2 Å². The standard InChI is InChI=1S/C11H19NO3/c1-8(11(13)14)12-6-7-15-10-5-3-2-4-9(10)12/h8-10H,2-7H2,1H3,(H,13,14). The summed E-state index contributed by atoms with van der Waals surface area (Å²) in [6, 6.07) is -0.0434. The van der Waals surface area contributed by atoms with Crippen LogP contribution in [0.2, 0.25) is 0 Å². The van der Waals surface area contributed by atoms with E-state index in [4.69, 9.17) is 9.84 Å². The molecule has 3 unspecified atom stereocenters. The molecule has 3 atom stereocenters. The van der Waals surface area contributed by atoms with Gasteiger partial charge in [0.05, 0.1) is 12.7 Å². The summed E-state index contributed by atoms with van der Waals surface area (Å²) in [4.78, 5) is 13.1. The first-order valence-corrected chi connectivity index (χ1v) is 5.80. The number of hydrogen-bond donors (Lipinski definition) is 1. The molecule has 0 aromatic carbocycles. The van der Waals surface area contributed by atoms with Crippen molar-refractivity contribution in [2.24, 2.45) is 0 Å². The first kappa shape index (κ1) is 10.9. The van der Waals surface area contributed by atoms with E-state index in [9.17, 15) is 4.79 Å². The van der Waals surface area contributed by atoms with E-state index in [0.717, 1.165) is 19.4 Å². The molecule has 4 heteroatoms. The molecular formula is C11H19NO3. The van der Waals surface area contributed by atoms with Gasteiger partial charge in [0.1, 0.15) is 6.04 Å². The normalized spacial score (nSPS) is 34.5. The second-order valence-corrected chi connectivity index (χ2v) is 4.51. The summed E-state index contributed by atoms with van der Waals surface area (Å²) >= 11 is 0. The largest absolute Gasteiger partial charge is 0.480 e. The quantitative estimate of drug-likeness (QED) is 0.746. The molecule has 4 nitrogen and oxygen atoms in total. The van der Waals surface area contributed by atoms with Crippen molar-refractivity contribution in [2.75, 3.05) is 13.2 Å². The molecule has 1 heterocycles. The number of hydrogen-bond acceptors (Lipinski definition) is 3. The van der Waals surface area contributed by atoms with Crippen LogP contribution in [0.4, 0.5) is 0 Å². The SMILES string of the molecule is CC(C(=O)O)N1CCOC2CCCCC21. The van der Waals surface area contributed by atoms with Gasteiger partial charge in [-0.15, -0.1) is 0 Å². The van der Waals surface area contributed by atoms with Gasteiger partial charge in [0, 0.05) is 12.6 Å². The maximum Gasteiger partial charge on any atom is 0.320 e. The van der Waals surface area contributed by atoms with Crippen molar-refractivity contribution < 1.29 is 14.6 Å². The smallest absolute Gasteiger partial charge is 0.320 e. The summed E-state index contributed by atoms with van der Waals surface area (Å²) in [6.45, 7) is 3.22. The van der Waals surface area contributed by atoms with Crippen LogP contribution in [0, 0.1) is 0 Å². The van der Waals surface area contributed by atoms with E-state index < -0.39 is 5.97 Å². The van der Waals surface area contributed by atoms with Crippen molar-refractivity contribution in [2.45, 2.75) is 50.8 Å². The summed E-state index contributed by atoms with van der Waals surface area (Å²) in [5, 5.41) is 9.04. The fourth-order valence-electron chi connectivity index (χ4n) is 2.75. The minimum atomic E-state index is -0.721. The summed E-state index contributed by atoms with van der Waals surface area (Å²) < 4.78 is 5.71. The number of morpholine rings is 1. The fourth-order valence-corrected chi connectivity index (χ4v) is 2.75. The van der Waals surface area contributed by atoms with Crippen molar-refractivity contribution in [1.29, 1.82) is 0 Å². The summed E-state index contributed by atoms with van der Waals surface area (Å²) in [7, 11) is 0. The van der Waals surface area contributed by atoms with E-state index in [1.165, 1.54) is 12.8 Å². The number of ether oxygens (including phenoxy) is 1. The first-order valence-electron chi connectivity index (χ1n) is 5.80. The number of carbonyl (C=O) groups is 1. The van der Waals surface area contributed by atoms with Gasteiger partial charge < -0.3 is 9.84 Å². The molecular weight excluding hydrogens is 194 g/mol. The van der Waals surface area contributed by atoms with Gasteiger partial charge in [-0.3, -0.25) is 9.69 Å². The molecule has 2 rings (SSSR count). The van der Waals surface area contributed by atoms with Gasteiger partial charge in [-0.2, -0.15) is 0 Å². The third-order valence-electron chi connectivity index (χ3n) is 3.63. The Balaban J connectivity index is 2.06. The molecule has 1 aliphatic carbocycles. The maximum atomic E-state index is 11.0. The summed E-state index contributed by atoms with van der Waals surface area (Å²) in [5.41, 5.74) is 0. The highest BCUT2D eigenvalue weighted by molar-refractivity contribution is 5.73. The maximum absolute atomic E-state index is 11.0. The minimum absolute atomic E-state index is 0.272. The Bertz CT molecular complexity index is 242. The van der Waals surface area contributed by atoms with Gasteiger partial charge in [0.25, 0.3) is 0 Å². The second-order valence-electron chi connectivity index (χ2n) is 4.51. The van der Waals surface area contributed by atoms with Gasteiger partial charge in [-0.25, -0.2) is 0 Å². The molecule has 15 heavy (non-hydrogen) atoms. The molecule has 0 radical (unpaired) electrons. The molecule has 0 spiro atoms. The van der Waals surface area contributed by atoms with Crippen LogP contribution in [0.15, 0.2) is 0 Å². The molecule has 86 valence electrons. The monoisotopic (exact) mass is 213 g/mol. The van der Waals surface area contributed by atoms with E-state index in [1.54, 1.807) is 6.92 Å². The lowest BCUT2D eigenvalue weighted by molar-refractivity contribution is -0.152. The van der Waals surface area contributed by atoms with E-state index >= 15 is 0 Å². The average molecular weight is 213 g/mol. The number of carboxylic acids is 1. The van der Waals surface area contributed by atoms with Crippen LogP contribution in [0.5, 0.6) is 0 Å². The highest BCUT2D eigenvalue weighted by Crippen LogP contribution is 2.29. The topological polar surface area (TPSA) is 49.8 Å².